The minimum absolute atomic E-state index is 0.254. The average molecular weight is 266 g/mol. The van der Waals surface area contributed by atoms with Crippen molar-refractivity contribution >= 4 is 27.3 Å². The van der Waals surface area contributed by atoms with Gasteiger partial charge in [0.25, 0.3) is 0 Å². The first-order chi connectivity index (χ1) is 6.20. The first-order valence-corrected chi connectivity index (χ1v) is 5.47. The van der Waals surface area contributed by atoms with E-state index in [1.807, 2.05) is 10.8 Å². The van der Waals surface area contributed by atoms with Crippen LogP contribution in [-0.2, 0) is 9.47 Å². The Labute approximate surface area is 90.0 Å². The number of hydrogen-bond acceptors (Lipinski definition) is 4. The van der Waals surface area contributed by atoms with Crippen LogP contribution in [0.3, 0.4) is 0 Å². The summed E-state index contributed by atoms with van der Waals surface area (Å²) in [4.78, 5) is 0. The Morgan fingerprint density at radius 3 is 2.38 bits per heavy atom. The van der Waals surface area contributed by atoms with E-state index in [9.17, 15) is 0 Å². The molecule has 0 aliphatic heterocycles. The van der Waals surface area contributed by atoms with Gasteiger partial charge in [-0.1, -0.05) is 0 Å². The first kappa shape index (κ1) is 11.1. The highest BCUT2D eigenvalue weighted by Crippen LogP contribution is 2.28. The topological polar surface area (TPSA) is 44.5 Å². The van der Waals surface area contributed by atoms with Gasteiger partial charge in [-0.15, -0.1) is 0 Å². The number of ether oxygens (including phenoxy) is 2. The maximum atomic E-state index is 5.93. The number of halogens is 1. The Balaban J connectivity index is 2.77. The van der Waals surface area contributed by atoms with Crippen LogP contribution >= 0.6 is 27.3 Å². The third-order valence-electron chi connectivity index (χ3n) is 1.76. The van der Waals surface area contributed by atoms with Crippen LogP contribution in [0.15, 0.2) is 15.2 Å². The summed E-state index contributed by atoms with van der Waals surface area (Å²) in [6.07, 6.45) is -0.397. The van der Waals surface area contributed by atoms with Gasteiger partial charge in [0.2, 0.25) is 0 Å². The molecule has 0 saturated carbocycles. The summed E-state index contributed by atoms with van der Waals surface area (Å²) < 4.78 is 11.2. The van der Waals surface area contributed by atoms with Gasteiger partial charge in [-0.3, -0.25) is 0 Å². The van der Waals surface area contributed by atoms with Crippen molar-refractivity contribution in [2.75, 3.05) is 14.2 Å². The molecule has 1 rings (SSSR count). The molecule has 74 valence electrons. The molecule has 0 bridgehead atoms. The zero-order valence-corrected chi connectivity index (χ0v) is 9.89. The lowest BCUT2D eigenvalue weighted by Crippen LogP contribution is -2.29. The van der Waals surface area contributed by atoms with Crippen molar-refractivity contribution in [3.05, 3.63) is 20.8 Å². The molecule has 0 fully saturated rings. The fraction of sp³-hybridized carbons (Fsp3) is 0.500. The second-order valence-corrected chi connectivity index (χ2v) is 4.14. The van der Waals surface area contributed by atoms with Gasteiger partial charge < -0.3 is 15.2 Å². The molecule has 0 aromatic carbocycles. The van der Waals surface area contributed by atoms with E-state index in [2.05, 4.69) is 15.9 Å². The molecule has 0 saturated heterocycles. The van der Waals surface area contributed by atoms with E-state index >= 15 is 0 Å². The Morgan fingerprint density at radius 1 is 1.38 bits per heavy atom. The number of hydrogen-bond donors (Lipinski definition) is 1. The number of nitrogens with two attached hydrogens (primary N) is 1. The van der Waals surface area contributed by atoms with Gasteiger partial charge in [-0.25, -0.2) is 0 Å². The van der Waals surface area contributed by atoms with Crippen LogP contribution in [0.25, 0.3) is 0 Å². The highest BCUT2D eigenvalue weighted by molar-refractivity contribution is 9.10. The van der Waals surface area contributed by atoms with E-state index in [-0.39, 0.29) is 6.04 Å². The Kier molecular flexibility index (Phi) is 4.34. The first-order valence-electron chi connectivity index (χ1n) is 3.73. The zero-order chi connectivity index (χ0) is 9.84. The van der Waals surface area contributed by atoms with Crippen LogP contribution in [0.2, 0.25) is 0 Å². The second kappa shape index (κ2) is 5.07. The summed E-state index contributed by atoms with van der Waals surface area (Å²) >= 11 is 5.01. The highest BCUT2D eigenvalue weighted by Gasteiger charge is 2.20. The molecular formula is C8H12BrNO2S. The van der Waals surface area contributed by atoms with Crippen LogP contribution in [0.4, 0.5) is 0 Å². The fourth-order valence-corrected chi connectivity index (χ4v) is 2.67. The predicted molar refractivity (Wildman–Crippen MR) is 56.8 cm³/mol. The van der Waals surface area contributed by atoms with E-state index in [4.69, 9.17) is 15.2 Å². The lowest BCUT2D eigenvalue weighted by Gasteiger charge is -2.20. The number of methoxy groups -OCH3 is 2. The molecule has 0 amide bonds. The summed E-state index contributed by atoms with van der Waals surface area (Å²) in [7, 11) is 3.16. The monoisotopic (exact) mass is 265 g/mol. The molecule has 1 atom stereocenters. The third-order valence-corrected chi connectivity index (χ3v) is 3.51. The van der Waals surface area contributed by atoms with Crippen molar-refractivity contribution in [1.29, 1.82) is 0 Å². The molecule has 5 heteroatoms. The summed E-state index contributed by atoms with van der Waals surface area (Å²) in [6, 6.07) is -0.254. The number of thiophene rings is 1. The van der Waals surface area contributed by atoms with Crippen LogP contribution in [0.5, 0.6) is 0 Å². The maximum absolute atomic E-state index is 5.93. The van der Waals surface area contributed by atoms with Crippen molar-refractivity contribution in [2.24, 2.45) is 5.73 Å². The summed E-state index contributed by atoms with van der Waals surface area (Å²) in [6.45, 7) is 0. The highest BCUT2D eigenvalue weighted by atomic mass is 79.9. The van der Waals surface area contributed by atoms with E-state index in [1.54, 1.807) is 25.6 Å². The second-order valence-electron chi connectivity index (χ2n) is 2.54. The molecule has 0 aliphatic carbocycles. The van der Waals surface area contributed by atoms with Gasteiger partial charge in [0.15, 0.2) is 6.29 Å². The van der Waals surface area contributed by atoms with Crippen LogP contribution in [0, 0.1) is 0 Å². The standard InChI is InChI=1S/C8H12BrNO2S/c1-11-8(12-2)7(10)5-3-13-4-6(5)9/h3-4,7-8H,10H2,1-2H3. The molecule has 1 unspecified atom stereocenters. The molecule has 13 heavy (non-hydrogen) atoms. The normalized spacial score (nSPS) is 13.6. The van der Waals surface area contributed by atoms with Gasteiger partial charge in [-0.05, 0) is 26.9 Å². The Hall–Kier alpha value is 0.0600. The minimum atomic E-state index is -0.397. The molecule has 0 radical (unpaired) electrons. The molecule has 1 aromatic heterocycles. The quantitative estimate of drug-likeness (QED) is 0.849. The lowest BCUT2D eigenvalue weighted by molar-refractivity contribution is -0.117. The van der Waals surface area contributed by atoms with Crippen molar-refractivity contribution in [3.63, 3.8) is 0 Å². The predicted octanol–water partition coefficient (Wildman–Crippen LogP) is 2.13. The third kappa shape index (κ3) is 2.51. The summed E-state index contributed by atoms with van der Waals surface area (Å²) in [5, 5.41) is 3.97. The Morgan fingerprint density at radius 2 is 2.00 bits per heavy atom. The smallest absolute Gasteiger partial charge is 0.176 e. The van der Waals surface area contributed by atoms with Gasteiger partial charge in [0, 0.05) is 24.1 Å². The average Bonchev–Trinajstić information content (AvgIpc) is 2.53. The van der Waals surface area contributed by atoms with E-state index < -0.39 is 6.29 Å². The largest absolute Gasteiger partial charge is 0.354 e. The molecule has 3 nitrogen and oxygen atoms in total. The minimum Gasteiger partial charge on any atom is -0.354 e. The fourth-order valence-electron chi connectivity index (χ4n) is 1.07. The van der Waals surface area contributed by atoms with Gasteiger partial charge >= 0.3 is 0 Å². The molecule has 2 N–H and O–H groups in total. The van der Waals surface area contributed by atoms with Gasteiger partial charge in [-0.2, -0.15) is 11.3 Å². The van der Waals surface area contributed by atoms with Crippen LogP contribution in [-0.4, -0.2) is 20.5 Å². The Bertz CT molecular complexity index is 262. The van der Waals surface area contributed by atoms with E-state index in [1.165, 1.54) is 0 Å². The molecule has 1 aromatic rings. The summed E-state index contributed by atoms with van der Waals surface area (Å²) in [5.41, 5.74) is 6.94. The van der Waals surface area contributed by atoms with Gasteiger partial charge in [0.05, 0.1) is 6.04 Å². The van der Waals surface area contributed by atoms with Crippen molar-refractivity contribution in [1.82, 2.24) is 0 Å². The van der Waals surface area contributed by atoms with Crippen LogP contribution < -0.4 is 5.73 Å². The molecule has 1 heterocycles. The van der Waals surface area contributed by atoms with Crippen LogP contribution in [0.1, 0.15) is 11.6 Å². The van der Waals surface area contributed by atoms with E-state index in [0.717, 1.165) is 10.0 Å². The molecule has 0 spiro atoms. The van der Waals surface area contributed by atoms with Crippen molar-refractivity contribution < 1.29 is 9.47 Å². The lowest BCUT2D eigenvalue weighted by atomic mass is 10.1. The zero-order valence-electron chi connectivity index (χ0n) is 7.49. The molecule has 0 aliphatic rings. The van der Waals surface area contributed by atoms with Crippen molar-refractivity contribution in [2.45, 2.75) is 12.3 Å². The SMILES string of the molecule is COC(OC)C(N)c1cscc1Br. The van der Waals surface area contributed by atoms with Gasteiger partial charge in [0.1, 0.15) is 0 Å². The maximum Gasteiger partial charge on any atom is 0.176 e. The number of rotatable bonds is 4. The van der Waals surface area contributed by atoms with E-state index in [0.29, 0.717) is 0 Å². The summed E-state index contributed by atoms with van der Waals surface area (Å²) in [5.74, 6) is 0. The molecular weight excluding hydrogens is 254 g/mol. The van der Waals surface area contributed by atoms with Crippen molar-refractivity contribution in [3.8, 4) is 0 Å².